The van der Waals surface area contributed by atoms with Gasteiger partial charge in [-0.05, 0) is 42.2 Å². The molecule has 0 spiro atoms. The predicted molar refractivity (Wildman–Crippen MR) is 107 cm³/mol. The van der Waals surface area contributed by atoms with Crippen molar-refractivity contribution in [1.29, 1.82) is 0 Å². The SMILES string of the molecule is CCc1ccccc1N1CC(C(=O)Nc2cccc3c2CCNC3=O)CC1=O. The van der Waals surface area contributed by atoms with Gasteiger partial charge in [-0.2, -0.15) is 0 Å². The lowest BCUT2D eigenvalue weighted by Gasteiger charge is -2.21. The Balaban J connectivity index is 1.52. The molecule has 2 aromatic rings. The Morgan fingerprint density at radius 1 is 1.18 bits per heavy atom. The molecule has 2 N–H and O–H groups in total. The van der Waals surface area contributed by atoms with Crippen molar-refractivity contribution in [3.8, 4) is 0 Å². The van der Waals surface area contributed by atoms with Gasteiger partial charge < -0.3 is 15.5 Å². The van der Waals surface area contributed by atoms with E-state index in [1.54, 1.807) is 17.0 Å². The zero-order chi connectivity index (χ0) is 19.7. The molecule has 6 heteroatoms. The van der Waals surface area contributed by atoms with Gasteiger partial charge in [0.05, 0.1) is 5.92 Å². The molecule has 2 aromatic carbocycles. The summed E-state index contributed by atoms with van der Waals surface area (Å²) in [6.07, 6.45) is 1.70. The van der Waals surface area contributed by atoms with Crippen LogP contribution in [-0.2, 0) is 22.4 Å². The van der Waals surface area contributed by atoms with E-state index in [2.05, 4.69) is 17.6 Å². The van der Waals surface area contributed by atoms with Crippen molar-refractivity contribution < 1.29 is 14.4 Å². The largest absolute Gasteiger partial charge is 0.352 e. The van der Waals surface area contributed by atoms with Crippen molar-refractivity contribution in [2.75, 3.05) is 23.3 Å². The highest BCUT2D eigenvalue weighted by Gasteiger charge is 2.36. The van der Waals surface area contributed by atoms with Crippen LogP contribution in [0.25, 0.3) is 0 Å². The number of aryl methyl sites for hydroxylation is 1. The van der Waals surface area contributed by atoms with E-state index in [1.807, 2.05) is 30.3 Å². The molecule has 28 heavy (non-hydrogen) atoms. The minimum atomic E-state index is -0.411. The molecule has 1 fully saturated rings. The zero-order valence-corrected chi connectivity index (χ0v) is 15.8. The van der Waals surface area contributed by atoms with Crippen LogP contribution in [0, 0.1) is 5.92 Å². The van der Waals surface area contributed by atoms with Crippen LogP contribution in [0.4, 0.5) is 11.4 Å². The highest BCUT2D eigenvalue weighted by atomic mass is 16.2. The molecule has 0 saturated carbocycles. The molecule has 1 saturated heterocycles. The first-order valence-corrected chi connectivity index (χ1v) is 9.67. The van der Waals surface area contributed by atoms with Gasteiger partial charge in [0.1, 0.15) is 0 Å². The highest BCUT2D eigenvalue weighted by Crippen LogP contribution is 2.30. The Morgan fingerprint density at radius 3 is 2.82 bits per heavy atom. The molecule has 144 valence electrons. The quantitative estimate of drug-likeness (QED) is 0.859. The van der Waals surface area contributed by atoms with E-state index in [1.165, 1.54) is 0 Å². The summed E-state index contributed by atoms with van der Waals surface area (Å²) in [5, 5.41) is 5.77. The number of carbonyl (C=O) groups excluding carboxylic acids is 3. The number of para-hydroxylation sites is 1. The Labute approximate surface area is 163 Å². The van der Waals surface area contributed by atoms with Crippen LogP contribution >= 0.6 is 0 Å². The number of nitrogens with one attached hydrogen (secondary N) is 2. The van der Waals surface area contributed by atoms with Crippen molar-refractivity contribution >= 4 is 29.1 Å². The molecular weight excluding hydrogens is 354 g/mol. The van der Waals surface area contributed by atoms with Crippen LogP contribution in [0.5, 0.6) is 0 Å². The van der Waals surface area contributed by atoms with Gasteiger partial charge in [0.25, 0.3) is 5.91 Å². The van der Waals surface area contributed by atoms with Crippen molar-refractivity contribution in [3.63, 3.8) is 0 Å². The fourth-order valence-corrected chi connectivity index (χ4v) is 4.01. The summed E-state index contributed by atoms with van der Waals surface area (Å²) in [6.45, 7) is 2.98. The number of benzene rings is 2. The van der Waals surface area contributed by atoms with Crippen molar-refractivity contribution in [2.45, 2.75) is 26.2 Å². The summed E-state index contributed by atoms with van der Waals surface area (Å²) < 4.78 is 0. The third-order valence-electron chi connectivity index (χ3n) is 5.50. The summed E-state index contributed by atoms with van der Waals surface area (Å²) in [7, 11) is 0. The van der Waals surface area contributed by atoms with E-state index in [-0.39, 0.29) is 24.1 Å². The first-order valence-electron chi connectivity index (χ1n) is 9.67. The average Bonchev–Trinajstić information content (AvgIpc) is 3.10. The molecule has 2 aliphatic heterocycles. The van der Waals surface area contributed by atoms with E-state index in [4.69, 9.17) is 0 Å². The van der Waals surface area contributed by atoms with Crippen LogP contribution in [0.1, 0.15) is 34.8 Å². The van der Waals surface area contributed by atoms with Crippen LogP contribution in [0.3, 0.4) is 0 Å². The molecule has 0 aliphatic carbocycles. The highest BCUT2D eigenvalue weighted by molar-refractivity contribution is 6.05. The summed E-state index contributed by atoms with van der Waals surface area (Å²) in [4.78, 5) is 39.2. The molecule has 2 heterocycles. The van der Waals surface area contributed by atoms with Gasteiger partial charge >= 0.3 is 0 Å². The van der Waals surface area contributed by atoms with E-state index in [0.717, 1.165) is 23.2 Å². The van der Waals surface area contributed by atoms with Crippen LogP contribution in [-0.4, -0.2) is 30.8 Å². The van der Waals surface area contributed by atoms with Gasteiger partial charge in [-0.25, -0.2) is 0 Å². The summed E-state index contributed by atoms with van der Waals surface area (Å²) in [5.41, 5.74) is 4.11. The molecule has 1 unspecified atom stereocenters. The van der Waals surface area contributed by atoms with Gasteiger partial charge in [-0.15, -0.1) is 0 Å². The van der Waals surface area contributed by atoms with E-state index >= 15 is 0 Å². The lowest BCUT2D eigenvalue weighted by atomic mass is 9.98. The molecule has 4 rings (SSSR count). The number of fused-ring (bicyclic) bond motifs is 1. The minimum Gasteiger partial charge on any atom is -0.352 e. The first kappa shape index (κ1) is 18.2. The standard InChI is InChI=1S/C22H23N3O3/c1-2-14-6-3-4-9-19(14)25-13-15(12-20(25)26)21(27)24-18-8-5-7-17-16(18)10-11-23-22(17)28/h3-9,15H,2,10-13H2,1H3,(H,23,28)(H,24,27). The Bertz CT molecular complexity index is 954. The maximum absolute atomic E-state index is 12.9. The summed E-state index contributed by atoms with van der Waals surface area (Å²) in [5.74, 6) is -0.735. The molecular formula is C22H23N3O3. The second-order valence-corrected chi connectivity index (χ2v) is 7.21. The number of hydrogen-bond acceptors (Lipinski definition) is 3. The Hall–Kier alpha value is -3.15. The maximum atomic E-state index is 12.9. The molecule has 0 radical (unpaired) electrons. The number of nitrogens with zero attached hydrogens (tertiary/aromatic N) is 1. The van der Waals surface area contributed by atoms with Crippen molar-refractivity contribution in [3.05, 3.63) is 59.2 Å². The number of carbonyl (C=O) groups is 3. The lowest BCUT2D eigenvalue weighted by Crippen LogP contribution is -2.33. The van der Waals surface area contributed by atoms with Gasteiger partial charge in [-0.3, -0.25) is 14.4 Å². The molecule has 1 atom stereocenters. The second kappa shape index (κ2) is 7.46. The third kappa shape index (κ3) is 3.26. The molecule has 2 aliphatic rings. The monoisotopic (exact) mass is 377 g/mol. The zero-order valence-electron chi connectivity index (χ0n) is 15.8. The van der Waals surface area contributed by atoms with Gasteiger partial charge in [-0.1, -0.05) is 31.2 Å². The second-order valence-electron chi connectivity index (χ2n) is 7.21. The minimum absolute atomic E-state index is 0.0319. The van der Waals surface area contributed by atoms with Crippen LogP contribution < -0.4 is 15.5 Å². The van der Waals surface area contributed by atoms with Crippen molar-refractivity contribution in [1.82, 2.24) is 5.32 Å². The number of anilines is 2. The van der Waals surface area contributed by atoms with Gasteiger partial charge in [0.2, 0.25) is 11.8 Å². The van der Waals surface area contributed by atoms with E-state index in [9.17, 15) is 14.4 Å². The van der Waals surface area contributed by atoms with Crippen LogP contribution in [0.2, 0.25) is 0 Å². The maximum Gasteiger partial charge on any atom is 0.251 e. The fraction of sp³-hybridized carbons (Fsp3) is 0.318. The van der Waals surface area contributed by atoms with Gasteiger partial charge in [0.15, 0.2) is 0 Å². The number of hydrogen-bond donors (Lipinski definition) is 2. The van der Waals surface area contributed by atoms with Crippen LogP contribution in [0.15, 0.2) is 42.5 Å². The Morgan fingerprint density at radius 2 is 2.00 bits per heavy atom. The molecule has 0 bridgehead atoms. The number of amides is 3. The topological polar surface area (TPSA) is 78.5 Å². The van der Waals surface area contributed by atoms with Gasteiger partial charge in [0, 0.05) is 36.4 Å². The lowest BCUT2D eigenvalue weighted by molar-refractivity contribution is -0.122. The molecule has 3 amide bonds. The normalized spacial score (nSPS) is 18.6. The Kier molecular flexibility index (Phi) is 4.86. The first-order chi connectivity index (χ1) is 13.6. The van der Waals surface area contributed by atoms with E-state index < -0.39 is 5.92 Å². The van der Waals surface area contributed by atoms with Crippen molar-refractivity contribution in [2.24, 2.45) is 5.92 Å². The fourth-order valence-electron chi connectivity index (χ4n) is 4.01. The number of rotatable bonds is 4. The average molecular weight is 377 g/mol. The van der Waals surface area contributed by atoms with E-state index in [0.29, 0.717) is 30.8 Å². The summed E-state index contributed by atoms with van der Waals surface area (Å²) >= 11 is 0. The molecule has 0 aromatic heterocycles. The summed E-state index contributed by atoms with van der Waals surface area (Å²) in [6, 6.07) is 13.2. The third-order valence-corrected chi connectivity index (χ3v) is 5.50. The molecule has 6 nitrogen and oxygen atoms in total. The predicted octanol–water partition coefficient (Wildman–Crippen LogP) is 2.53. The smallest absolute Gasteiger partial charge is 0.251 e.